The molecule has 5 rings (SSSR count). The van der Waals surface area contributed by atoms with Gasteiger partial charge in [0, 0.05) is 22.9 Å². The summed E-state index contributed by atoms with van der Waals surface area (Å²) < 4.78 is 22.4. The largest absolute Gasteiger partial charge is 0.507 e. The van der Waals surface area contributed by atoms with Crippen molar-refractivity contribution >= 4 is 23.1 Å². The Kier molecular flexibility index (Phi) is 6.25. The minimum atomic E-state index is -0.945. The van der Waals surface area contributed by atoms with E-state index in [9.17, 15) is 14.7 Å². The molecular formula is C28H25NO7. The highest BCUT2D eigenvalue weighted by Crippen LogP contribution is 2.46. The van der Waals surface area contributed by atoms with E-state index in [1.807, 2.05) is 6.92 Å². The summed E-state index contributed by atoms with van der Waals surface area (Å²) in [5.41, 5.74) is 1.30. The van der Waals surface area contributed by atoms with Crippen LogP contribution in [-0.4, -0.2) is 43.7 Å². The van der Waals surface area contributed by atoms with Crippen LogP contribution in [0, 0.1) is 0 Å². The molecule has 8 heteroatoms. The number of aliphatic hydroxyl groups excluding tert-OH is 1. The third-order valence-electron chi connectivity index (χ3n) is 6.10. The maximum Gasteiger partial charge on any atom is 0.300 e. The highest BCUT2D eigenvalue weighted by Gasteiger charge is 2.48. The summed E-state index contributed by atoms with van der Waals surface area (Å²) in [7, 11) is 1.51. The van der Waals surface area contributed by atoms with Crippen LogP contribution in [0.2, 0.25) is 0 Å². The summed E-state index contributed by atoms with van der Waals surface area (Å²) in [4.78, 5) is 28.3. The van der Waals surface area contributed by atoms with Crippen molar-refractivity contribution in [1.82, 2.24) is 0 Å². The van der Waals surface area contributed by atoms with Crippen molar-refractivity contribution in [2.75, 3.05) is 31.8 Å². The number of benzene rings is 3. The van der Waals surface area contributed by atoms with Gasteiger partial charge in [-0.15, -0.1) is 0 Å². The minimum absolute atomic E-state index is 0.0481. The Labute approximate surface area is 208 Å². The number of para-hydroxylation sites is 1. The van der Waals surface area contributed by atoms with E-state index >= 15 is 0 Å². The van der Waals surface area contributed by atoms with Crippen molar-refractivity contribution in [2.45, 2.75) is 13.0 Å². The predicted molar refractivity (Wildman–Crippen MR) is 133 cm³/mol. The van der Waals surface area contributed by atoms with E-state index in [2.05, 4.69) is 0 Å². The van der Waals surface area contributed by atoms with Crippen LogP contribution in [0.15, 0.2) is 72.3 Å². The van der Waals surface area contributed by atoms with E-state index in [0.717, 1.165) is 0 Å². The first-order valence-corrected chi connectivity index (χ1v) is 11.6. The molecule has 0 aromatic heterocycles. The minimum Gasteiger partial charge on any atom is -0.507 e. The number of carbonyl (C=O) groups is 2. The number of carbonyl (C=O) groups excluding carboxylic acids is 2. The third-order valence-corrected chi connectivity index (χ3v) is 6.10. The van der Waals surface area contributed by atoms with Crippen LogP contribution in [0.25, 0.3) is 5.76 Å². The normalized spacial score (nSPS) is 18.3. The monoisotopic (exact) mass is 487 g/mol. The number of ether oxygens (including phenoxy) is 4. The summed E-state index contributed by atoms with van der Waals surface area (Å²) in [6.45, 7) is 3.10. The molecule has 36 heavy (non-hydrogen) atoms. The van der Waals surface area contributed by atoms with Crippen LogP contribution in [0.5, 0.6) is 23.0 Å². The van der Waals surface area contributed by atoms with E-state index in [4.69, 9.17) is 18.9 Å². The highest BCUT2D eigenvalue weighted by atomic mass is 16.6. The Morgan fingerprint density at radius 2 is 1.78 bits per heavy atom. The molecule has 2 heterocycles. The first kappa shape index (κ1) is 23.3. The summed E-state index contributed by atoms with van der Waals surface area (Å²) in [5.74, 6) is 0.167. The Morgan fingerprint density at radius 3 is 2.56 bits per heavy atom. The SMILES string of the molecule is CCOc1cccc(/C(O)=C2\C(=O)C(=O)N(c3ccc4c(c3)OCCO4)C2c2ccccc2OC)c1. The number of aliphatic hydroxyl groups is 1. The van der Waals surface area contributed by atoms with Crippen molar-refractivity contribution in [2.24, 2.45) is 0 Å². The van der Waals surface area contributed by atoms with Crippen LogP contribution >= 0.6 is 0 Å². The molecule has 0 bridgehead atoms. The average molecular weight is 488 g/mol. The molecule has 2 aliphatic rings. The van der Waals surface area contributed by atoms with E-state index < -0.39 is 17.7 Å². The molecule has 0 aliphatic carbocycles. The fraction of sp³-hybridized carbons (Fsp3) is 0.214. The zero-order chi connectivity index (χ0) is 25.2. The quantitative estimate of drug-likeness (QED) is 0.311. The second kappa shape index (κ2) is 9.65. The molecule has 3 aromatic carbocycles. The fourth-order valence-electron chi connectivity index (χ4n) is 4.52. The molecule has 1 fully saturated rings. The highest BCUT2D eigenvalue weighted by molar-refractivity contribution is 6.51. The van der Waals surface area contributed by atoms with Crippen LogP contribution in [0.4, 0.5) is 5.69 Å². The first-order chi connectivity index (χ1) is 17.5. The maximum atomic E-state index is 13.5. The Morgan fingerprint density at radius 1 is 1.00 bits per heavy atom. The lowest BCUT2D eigenvalue weighted by molar-refractivity contribution is -0.132. The Balaban J connectivity index is 1.71. The number of fused-ring (bicyclic) bond motifs is 1. The van der Waals surface area contributed by atoms with Gasteiger partial charge in [0.15, 0.2) is 11.5 Å². The first-order valence-electron chi connectivity index (χ1n) is 11.6. The number of ketones is 1. The van der Waals surface area contributed by atoms with Crippen LogP contribution < -0.4 is 23.8 Å². The zero-order valence-electron chi connectivity index (χ0n) is 19.9. The van der Waals surface area contributed by atoms with Crippen molar-refractivity contribution in [3.8, 4) is 23.0 Å². The number of methoxy groups -OCH3 is 1. The lowest BCUT2D eigenvalue weighted by Gasteiger charge is -2.28. The molecule has 1 atom stereocenters. The molecule has 1 amide bonds. The standard InChI is InChI=1S/C28H25NO7/c1-3-34-19-8-6-7-17(15-19)26(30)24-25(20-9-4-5-10-21(20)33-2)29(28(32)27(24)31)18-11-12-22-23(16-18)36-14-13-35-22/h4-12,15-16,25,30H,3,13-14H2,1-2H3/b26-24+. The van der Waals surface area contributed by atoms with Gasteiger partial charge < -0.3 is 24.1 Å². The molecular weight excluding hydrogens is 462 g/mol. The number of anilines is 1. The van der Waals surface area contributed by atoms with Gasteiger partial charge in [-0.25, -0.2) is 0 Å². The summed E-state index contributed by atoms with van der Waals surface area (Å²) in [5, 5.41) is 11.4. The molecule has 1 unspecified atom stereocenters. The second-order valence-corrected chi connectivity index (χ2v) is 8.20. The molecule has 1 saturated heterocycles. The van der Waals surface area contributed by atoms with Crippen molar-refractivity contribution in [1.29, 1.82) is 0 Å². The van der Waals surface area contributed by atoms with Crippen LogP contribution in [-0.2, 0) is 9.59 Å². The van der Waals surface area contributed by atoms with Crippen LogP contribution in [0.1, 0.15) is 24.1 Å². The van der Waals surface area contributed by atoms with Crippen molar-refractivity contribution in [3.63, 3.8) is 0 Å². The number of nitrogens with zero attached hydrogens (tertiary/aromatic N) is 1. The van der Waals surface area contributed by atoms with Gasteiger partial charge in [-0.05, 0) is 37.3 Å². The number of amides is 1. The number of hydrogen-bond donors (Lipinski definition) is 1. The molecule has 0 radical (unpaired) electrons. The molecule has 8 nitrogen and oxygen atoms in total. The molecule has 1 N–H and O–H groups in total. The molecule has 184 valence electrons. The van der Waals surface area contributed by atoms with Gasteiger partial charge in [-0.2, -0.15) is 0 Å². The number of hydrogen-bond acceptors (Lipinski definition) is 7. The maximum absolute atomic E-state index is 13.5. The van der Waals surface area contributed by atoms with Gasteiger partial charge in [0.1, 0.15) is 30.5 Å². The van der Waals surface area contributed by atoms with Crippen molar-refractivity contribution in [3.05, 3.63) is 83.4 Å². The van der Waals surface area contributed by atoms with E-state index in [1.54, 1.807) is 66.7 Å². The Hall–Kier alpha value is -4.46. The zero-order valence-corrected chi connectivity index (χ0v) is 19.9. The van der Waals surface area contributed by atoms with Gasteiger partial charge in [-0.1, -0.05) is 30.3 Å². The smallest absolute Gasteiger partial charge is 0.300 e. The van der Waals surface area contributed by atoms with Crippen LogP contribution in [0.3, 0.4) is 0 Å². The topological polar surface area (TPSA) is 94.5 Å². The number of rotatable bonds is 6. The summed E-state index contributed by atoms with van der Waals surface area (Å²) in [6, 6.07) is 18.0. The molecule has 3 aromatic rings. The molecule has 2 aliphatic heterocycles. The average Bonchev–Trinajstić information content (AvgIpc) is 3.18. The lowest BCUT2D eigenvalue weighted by atomic mass is 9.94. The molecule has 0 spiro atoms. The lowest BCUT2D eigenvalue weighted by Crippen LogP contribution is -2.30. The van der Waals surface area contributed by atoms with E-state index in [0.29, 0.717) is 59.6 Å². The van der Waals surface area contributed by atoms with Gasteiger partial charge in [0.25, 0.3) is 11.7 Å². The van der Waals surface area contributed by atoms with Crippen molar-refractivity contribution < 1.29 is 33.6 Å². The van der Waals surface area contributed by atoms with Gasteiger partial charge in [0.05, 0.1) is 25.3 Å². The van der Waals surface area contributed by atoms with E-state index in [-0.39, 0.29) is 11.3 Å². The van der Waals surface area contributed by atoms with E-state index in [1.165, 1.54) is 12.0 Å². The fourth-order valence-corrected chi connectivity index (χ4v) is 4.52. The number of Topliss-reactive ketones (excluding diaryl/α,β-unsaturated/α-hetero) is 1. The van der Waals surface area contributed by atoms with Gasteiger partial charge >= 0.3 is 0 Å². The summed E-state index contributed by atoms with van der Waals surface area (Å²) >= 11 is 0. The third kappa shape index (κ3) is 4.00. The molecule has 0 saturated carbocycles. The predicted octanol–water partition coefficient (Wildman–Crippen LogP) is 4.49. The summed E-state index contributed by atoms with van der Waals surface area (Å²) in [6.07, 6.45) is 0. The Bertz CT molecular complexity index is 1360. The van der Waals surface area contributed by atoms with Gasteiger partial charge in [-0.3, -0.25) is 14.5 Å². The second-order valence-electron chi connectivity index (χ2n) is 8.20. The van der Waals surface area contributed by atoms with Gasteiger partial charge in [0.2, 0.25) is 0 Å².